The zero-order valence-electron chi connectivity index (χ0n) is 9.30. The Labute approximate surface area is 113 Å². The van der Waals surface area contributed by atoms with Gasteiger partial charge in [0.1, 0.15) is 11.2 Å². The molecule has 90 valence electrons. The van der Waals surface area contributed by atoms with Crippen LogP contribution in [0.15, 0.2) is 36.7 Å². The third kappa shape index (κ3) is 2.02. The summed E-state index contributed by atoms with van der Waals surface area (Å²) in [6.45, 7) is 0.711. The van der Waals surface area contributed by atoms with Gasteiger partial charge in [-0.05, 0) is 17.2 Å². The van der Waals surface area contributed by atoms with E-state index < -0.39 is 0 Å². The average Bonchev–Trinajstić information content (AvgIpc) is 2.74. The molecule has 1 N–H and O–H groups in total. The Bertz CT molecular complexity index is 748. The van der Waals surface area contributed by atoms with E-state index in [-0.39, 0.29) is 5.28 Å². The van der Waals surface area contributed by atoms with E-state index in [0.717, 1.165) is 5.65 Å². The Balaban J connectivity index is 2.11. The molecule has 0 aliphatic rings. The third-order valence-electron chi connectivity index (χ3n) is 2.66. The summed E-state index contributed by atoms with van der Waals surface area (Å²) in [7, 11) is 0. The summed E-state index contributed by atoms with van der Waals surface area (Å²) in [5.74, 6) is 0. The number of imidazole rings is 1. The molecule has 3 rings (SSSR count). The van der Waals surface area contributed by atoms with E-state index >= 15 is 0 Å². The Morgan fingerprint density at radius 3 is 2.83 bits per heavy atom. The number of H-pyrrole nitrogens is 1. The molecule has 0 amide bonds. The van der Waals surface area contributed by atoms with Crippen molar-refractivity contribution < 1.29 is 0 Å². The van der Waals surface area contributed by atoms with E-state index in [4.69, 9.17) is 23.8 Å². The quantitative estimate of drug-likeness (QED) is 0.578. The first kappa shape index (κ1) is 11.4. The average molecular weight is 277 g/mol. The zero-order valence-corrected chi connectivity index (χ0v) is 10.9. The lowest BCUT2D eigenvalue weighted by Crippen LogP contribution is -1.99. The van der Waals surface area contributed by atoms with Gasteiger partial charge >= 0.3 is 0 Å². The lowest BCUT2D eigenvalue weighted by molar-refractivity contribution is 0.813. The van der Waals surface area contributed by atoms with Crippen molar-refractivity contribution in [2.75, 3.05) is 0 Å². The summed E-state index contributed by atoms with van der Waals surface area (Å²) in [5.41, 5.74) is 2.65. The molecule has 0 bridgehead atoms. The second-order valence-electron chi connectivity index (χ2n) is 3.89. The number of aromatic amines is 1. The fraction of sp³-hybridized carbons (Fsp3) is 0.0833. The van der Waals surface area contributed by atoms with Gasteiger partial charge in [0.2, 0.25) is 5.28 Å². The molecule has 0 unspecified atom stereocenters. The molecule has 0 aliphatic heterocycles. The van der Waals surface area contributed by atoms with Crippen LogP contribution in [0.1, 0.15) is 5.56 Å². The molecule has 0 atom stereocenters. The normalized spacial score (nSPS) is 10.9. The van der Waals surface area contributed by atoms with Gasteiger partial charge in [-0.15, -0.1) is 0 Å². The van der Waals surface area contributed by atoms with Crippen molar-refractivity contribution in [2.45, 2.75) is 6.54 Å². The molecule has 0 spiro atoms. The van der Waals surface area contributed by atoms with Crippen LogP contribution < -0.4 is 0 Å². The van der Waals surface area contributed by atoms with Crippen molar-refractivity contribution in [3.63, 3.8) is 0 Å². The molecule has 2 aromatic heterocycles. The van der Waals surface area contributed by atoms with Gasteiger partial charge in [-0.1, -0.05) is 42.5 Å². The molecule has 3 aromatic rings. The number of hydrogen-bond donors (Lipinski definition) is 1. The van der Waals surface area contributed by atoms with Crippen LogP contribution in [0.4, 0.5) is 0 Å². The minimum Gasteiger partial charge on any atom is -0.314 e. The van der Waals surface area contributed by atoms with Crippen molar-refractivity contribution in [2.24, 2.45) is 0 Å². The van der Waals surface area contributed by atoms with Gasteiger partial charge in [-0.2, -0.15) is 0 Å². The Kier molecular flexibility index (Phi) is 2.85. The monoisotopic (exact) mass is 276 g/mol. The third-order valence-corrected chi connectivity index (χ3v) is 3.12. The molecular weight excluding hydrogens is 268 g/mol. The second kappa shape index (κ2) is 4.51. The molecule has 2 heterocycles. The van der Waals surface area contributed by atoms with Crippen molar-refractivity contribution in [3.8, 4) is 0 Å². The van der Waals surface area contributed by atoms with Crippen LogP contribution in [-0.2, 0) is 6.54 Å². The topological polar surface area (TPSA) is 46.5 Å². The molecule has 1 aromatic carbocycles. The zero-order chi connectivity index (χ0) is 12.5. The lowest BCUT2D eigenvalue weighted by Gasteiger charge is -2.04. The minimum atomic E-state index is 0.280. The molecule has 0 fully saturated rings. The maximum Gasteiger partial charge on any atom is 0.203 e. The van der Waals surface area contributed by atoms with E-state index in [1.165, 1.54) is 5.56 Å². The predicted octanol–water partition coefficient (Wildman–Crippen LogP) is 3.19. The Hall–Kier alpha value is -1.72. The van der Waals surface area contributed by atoms with Gasteiger partial charge in [0, 0.05) is 0 Å². The summed E-state index contributed by atoms with van der Waals surface area (Å²) in [4.78, 5) is 11.2. The van der Waals surface area contributed by atoms with E-state index in [2.05, 4.69) is 27.1 Å². The molecule has 0 saturated carbocycles. The van der Waals surface area contributed by atoms with Crippen molar-refractivity contribution >= 4 is 35.0 Å². The highest BCUT2D eigenvalue weighted by atomic mass is 35.5. The Morgan fingerprint density at radius 2 is 2.06 bits per heavy atom. The molecule has 0 aliphatic carbocycles. The smallest absolute Gasteiger partial charge is 0.203 e. The van der Waals surface area contributed by atoms with E-state index in [0.29, 0.717) is 16.7 Å². The van der Waals surface area contributed by atoms with Crippen LogP contribution >= 0.6 is 23.8 Å². The number of aromatic nitrogens is 4. The largest absolute Gasteiger partial charge is 0.314 e. The molecular formula is C12H9ClN4S. The number of nitrogens with zero attached hydrogens (tertiary/aromatic N) is 3. The summed E-state index contributed by atoms with van der Waals surface area (Å²) in [5, 5.41) is 0.280. The first-order chi connectivity index (χ1) is 8.74. The SMILES string of the molecule is S=c1nc(Cl)[nH]c2c1ncn2Cc1ccccc1. The van der Waals surface area contributed by atoms with Crippen LogP contribution in [0.5, 0.6) is 0 Å². The van der Waals surface area contributed by atoms with Gasteiger partial charge in [-0.25, -0.2) is 9.97 Å². The number of rotatable bonds is 2. The summed E-state index contributed by atoms with van der Waals surface area (Å²) in [6.07, 6.45) is 1.74. The lowest BCUT2D eigenvalue weighted by atomic mass is 10.2. The first-order valence-electron chi connectivity index (χ1n) is 5.38. The van der Waals surface area contributed by atoms with Gasteiger partial charge in [0.25, 0.3) is 0 Å². The van der Waals surface area contributed by atoms with Gasteiger partial charge < -0.3 is 9.55 Å². The molecule has 18 heavy (non-hydrogen) atoms. The summed E-state index contributed by atoms with van der Waals surface area (Å²) in [6, 6.07) is 10.1. The number of fused-ring (bicyclic) bond motifs is 1. The van der Waals surface area contributed by atoms with Crippen LogP contribution in [0.2, 0.25) is 5.28 Å². The van der Waals surface area contributed by atoms with Crippen LogP contribution in [0.25, 0.3) is 11.2 Å². The minimum absolute atomic E-state index is 0.280. The van der Waals surface area contributed by atoms with Crippen molar-refractivity contribution in [1.29, 1.82) is 0 Å². The second-order valence-corrected chi connectivity index (χ2v) is 4.63. The van der Waals surface area contributed by atoms with E-state index in [1.54, 1.807) is 6.33 Å². The number of benzene rings is 1. The van der Waals surface area contributed by atoms with Gasteiger partial charge in [-0.3, -0.25) is 0 Å². The van der Waals surface area contributed by atoms with Gasteiger partial charge in [0.05, 0.1) is 12.9 Å². The van der Waals surface area contributed by atoms with E-state index in [1.807, 2.05) is 22.8 Å². The molecule has 0 radical (unpaired) electrons. The van der Waals surface area contributed by atoms with Crippen molar-refractivity contribution in [1.82, 2.24) is 19.5 Å². The maximum atomic E-state index is 5.88. The highest BCUT2D eigenvalue weighted by Crippen LogP contribution is 2.15. The van der Waals surface area contributed by atoms with Crippen LogP contribution in [-0.4, -0.2) is 19.5 Å². The first-order valence-corrected chi connectivity index (χ1v) is 6.17. The van der Waals surface area contributed by atoms with E-state index in [9.17, 15) is 0 Å². The number of halogens is 1. The van der Waals surface area contributed by atoms with Crippen LogP contribution in [0.3, 0.4) is 0 Å². The highest BCUT2D eigenvalue weighted by molar-refractivity contribution is 7.71. The number of nitrogens with one attached hydrogen (secondary N) is 1. The predicted molar refractivity (Wildman–Crippen MR) is 73.3 cm³/mol. The fourth-order valence-electron chi connectivity index (χ4n) is 1.84. The summed E-state index contributed by atoms with van der Waals surface area (Å²) < 4.78 is 2.38. The van der Waals surface area contributed by atoms with Crippen molar-refractivity contribution in [3.05, 3.63) is 52.1 Å². The highest BCUT2D eigenvalue weighted by Gasteiger charge is 2.07. The molecule has 6 heteroatoms. The molecule has 4 nitrogen and oxygen atoms in total. The molecule has 0 saturated heterocycles. The number of hydrogen-bond acceptors (Lipinski definition) is 3. The summed E-state index contributed by atoms with van der Waals surface area (Å²) >= 11 is 11.0. The van der Waals surface area contributed by atoms with Gasteiger partial charge in [0.15, 0.2) is 4.64 Å². The maximum absolute atomic E-state index is 5.88. The standard InChI is InChI=1S/C12H9ClN4S/c13-12-15-10-9(11(18)16-12)14-7-17(10)6-8-4-2-1-3-5-8/h1-5,7H,6H2,(H,15,16,18). The van der Waals surface area contributed by atoms with Crippen LogP contribution in [0, 0.1) is 4.64 Å². The fourth-order valence-corrected chi connectivity index (χ4v) is 2.30. The Morgan fingerprint density at radius 1 is 1.28 bits per heavy atom.